The molecule has 34 heavy (non-hydrogen) atoms. The molecule has 8 heteroatoms. The minimum Gasteiger partial charge on any atom is -0.308 e. The van der Waals surface area contributed by atoms with E-state index in [2.05, 4.69) is 52.9 Å². The van der Waals surface area contributed by atoms with Crippen LogP contribution in [0.5, 0.6) is 0 Å². The molecule has 0 aliphatic heterocycles. The smallest absolute Gasteiger partial charge is 0.262 e. The van der Waals surface area contributed by atoms with E-state index in [-0.39, 0.29) is 11.6 Å². The number of thiophene rings is 1. The molecule has 1 aromatic carbocycles. The lowest BCUT2D eigenvalue weighted by molar-refractivity contribution is 0.155. The van der Waals surface area contributed by atoms with Gasteiger partial charge in [0.05, 0.1) is 18.0 Å². The Morgan fingerprint density at radius 1 is 1.03 bits per heavy atom. The van der Waals surface area contributed by atoms with Crippen molar-refractivity contribution >= 4 is 21.6 Å². The van der Waals surface area contributed by atoms with Crippen LogP contribution in [-0.2, 0) is 13.1 Å². The van der Waals surface area contributed by atoms with Crippen molar-refractivity contribution in [1.29, 1.82) is 0 Å². The van der Waals surface area contributed by atoms with Crippen LogP contribution in [-0.4, -0.2) is 56.5 Å². The Bertz CT molecular complexity index is 1270. The summed E-state index contributed by atoms with van der Waals surface area (Å²) in [6, 6.07) is 12.0. The molecule has 0 N–H and O–H groups in total. The molecular weight excluding hydrogens is 444 g/mol. The second-order valence-electron chi connectivity index (χ2n) is 8.82. The number of nitrogens with zero attached hydrogens (tertiary/aromatic N) is 6. The second kappa shape index (κ2) is 11.0. The van der Waals surface area contributed by atoms with Crippen molar-refractivity contribution in [3.05, 3.63) is 87.3 Å². The Morgan fingerprint density at radius 3 is 2.44 bits per heavy atom. The topological polar surface area (TPSA) is 67.2 Å². The third kappa shape index (κ3) is 5.58. The molecule has 0 fully saturated rings. The molecule has 0 aliphatic carbocycles. The Hall–Kier alpha value is -2.94. The van der Waals surface area contributed by atoms with Crippen molar-refractivity contribution < 1.29 is 0 Å². The maximum atomic E-state index is 13.6. The van der Waals surface area contributed by atoms with Gasteiger partial charge >= 0.3 is 0 Å². The number of hydrogen-bond acceptors (Lipinski definition) is 7. The lowest BCUT2D eigenvalue weighted by Gasteiger charge is -2.33. The summed E-state index contributed by atoms with van der Waals surface area (Å²) in [6.07, 6.45) is 4.62. The average Bonchev–Trinajstić information content (AvgIpc) is 3.31. The number of benzene rings is 1. The van der Waals surface area contributed by atoms with Crippen molar-refractivity contribution in [3.63, 3.8) is 0 Å². The predicted molar refractivity (Wildman–Crippen MR) is 138 cm³/mol. The van der Waals surface area contributed by atoms with Crippen LogP contribution >= 0.6 is 11.3 Å². The van der Waals surface area contributed by atoms with E-state index in [1.807, 2.05) is 53.5 Å². The van der Waals surface area contributed by atoms with E-state index in [1.165, 1.54) is 11.3 Å². The zero-order chi connectivity index (χ0) is 24.1. The van der Waals surface area contributed by atoms with Gasteiger partial charge in [0, 0.05) is 37.6 Å². The van der Waals surface area contributed by atoms with Gasteiger partial charge in [0.1, 0.15) is 16.5 Å². The third-order valence-electron chi connectivity index (χ3n) is 5.98. The van der Waals surface area contributed by atoms with Crippen molar-refractivity contribution in [2.75, 3.05) is 27.2 Å². The van der Waals surface area contributed by atoms with E-state index in [0.717, 1.165) is 47.1 Å². The summed E-state index contributed by atoms with van der Waals surface area (Å²) in [4.78, 5) is 32.8. The van der Waals surface area contributed by atoms with Crippen LogP contribution in [0, 0.1) is 6.92 Å². The highest BCUT2D eigenvalue weighted by atomic mass is 32.1. The summed E-state index contributed by atoms with van der Waals surface area (Å²) in [5.74, 6) is 1.58. The fraction of sp³-hybridized carbons (Fsp3) is 0.385. The van der Waals surface area contributed by atoms with Gasteiger partial charge < -0.3 is 4.90 Å². The molecule has 0 spiro atoms. The summed E-state index contributed by atoms with van der Waals surface area (Å²) < 4.78 is 1.87. The Balaban J connectivity index is 1.79. The van der Waals surface area contributed by atoms with Crippen molar-refractivity contribution in [2.45, 2.75) is 39.4 Å². The van der Waals surface area contributed by atoms with Crippen LogP contribution < -0.4 is 5.56 Å². The minimum atomic E-state index is -0.0239. The Kier molecular flexibility index (Phi) is 7.82. The third-order valence-corrected chi connectivity index (χ3v) is 6.78. The van der Waals surface area contributed by atoms with E-state index in [1.54, 1.807) is 0 Å². The van der Waals surface area contributed by atoms with Crippen LogP contribution in [0.25, 0.3) is 10.2 Å². The quantitative estimate of drug-likeness (QED) is 0.343. The number of aryl methyl sites for hydroxylation is 1. The summed E-state index contributed by atoms with van der Waals surface area (Å²) in [5.41, 5.74) is 2.16. The van der Waals surface area contributed by atoms with Gasteiger partial charge in [0.25, 0.3) is 5.56 Å². The van der Waals surface area contributed by atoms with Crippen LogP contribution in [0.2, 0.25) is 0 Å². The number of hydrogen-bond donors (Lipinski definition) is 0. The Morgan fingerprint density at radius 2 is 1.76 bits per heavy atom. The molecule has 0 amide bonds. The minimum absolute atomic E-state index is 0.0229. The molecule has 1 unspecified atom stereocenters. The summed E-state index contributed by atoms with van der Waals surface area (Å²) in [5, 5.41) is 2.63. The zero-order valence-corrected chi connectivity index (χ0v) is 21.1. The fourth-order valence-electron chi connectivity index (χ4n) is 4.15. The number of aromatic nitrogens is 4. The largest absolute Gasteiger partial charge is 0.308 e. The fourth-order valence-corrected chi connectivity index (χ4v) is 4.91. The van der Waals surface area contributed by atoms with E-state index < -0.39 is 0 Å². The van der Waals surface area contributed by atoms with Crippen LogP contribution in [0.4, 0.5) is 0 Å². The van der Waals surface area contributed by atoms with Gasteiger partial charge in [0.2, 0.25) is 0 Å². The standard InChI is InChI=1S/C26H32N6OS/c1-5-23(31(13-12-30(3)4)17-21-15-27-19(2)28-16-21)24-29-25-22(11-14-34-25)26(33)32(24)18-20-9-7-6-8-10-20/h6-11,14-16,23H,5,12-13,17-18H2,1-4H3. The molecule has 0 aliphatic rings. The molecule has 1 atom stereocenters. The first kappa shape index (κ1) is 24.2. The van der Waals surface area contributed by atoms with E-state index in [4.69, 9.17) is 4.98 Å². The maximum absolute atomic E-state index is 13.6. The highest BCUT2D eigenvalue weighted by molar-refractivity contribution is 7.16. The summed E-state index contributed by atoms with van der Waals surface area (Å²) in [6.45, 7) is 6.98. The van der Waals surface area contributed by atoms with E-state index >= 15 is 0 Å². The molecule has 4 aromatic rings. The lowest BCUT2D eigenvalue weighted by atomic mass is 10.1. The molecule has 7 nitrogen and oxygen atoms in total. The molecule has 0 radical (unpaired) electrons. The number of likely N-dealkylation sites (N-methyl/N-ethyl adjacent to an activating group) is 1. The zero-order valence-electron chi connectivity index (χ0n) is 20.3. The molecule has 0 bridgehead atoms. The second-order valence-corrected chi connectivity index (χ2v) is 9.72. The number of fused-ring (bicyclic) bond motifs is 1. The highest BCUT2D eigenvalue weighted by Crippen LogP contribution is 2.27. The first-order chi connectivity index (χ1) is 16.5. The van der Waals surface area contributed by atoms with Crippen molar-refractivity contribution in [3.8, 4) is 0 Å². The van der Waals surface area contributed by atoms with Crippen molar-refractivity contribution in [2.24, 2.45) is 0 Å². The van der Waals surface area contributed by atoms with Crippen molar-refractivity contribution in [1.82, 2.24) is 29.3 Å². The molecule has 178 valence electrons. The van der Waals surface area contributed by atoms with Gasteiger partial charge in [-0.15, -0.1) is 11.3 Å². The van der Waals surface area contributed by atoms with Gasteiger partial charge in [-0.25, -0.2) is 15.0 Å². The van der Waals surface area contributed by atoms with E-state index in [9.17, 15) is 4.79 Å². The average molecular weight is 477 g/mol. The van der Waals surface area contributed by atoms with Crippen LogP contribution in [0.15, 0.2) is 59.0 Å². The van der Waals surface area contributed by atoms with E-state index in [0.29, 0.717) is 18.5 Å². The first-order valence-corrected chi connectivity index (χ1v) is 12.5. The molecule has 3 aromatic heterocycles. The molecule has 3 heterocycles. The summed E-state index contributed by atoms with van der Waals surface area (Å²) >= 11 is 1.52. The molecule has 4 rings (SSSR count). The van der Waals surface area contributed by atoms with Crippen LogP contribution in [0.1, 0.15) is 42.2 Å². The lowest BCUT2D eigenvalue weighted by Crippen LogP contribution is -2.38. The SMILES string of the molecule is CCC(c1nc2sccc2c(=O)n1Cc1ccccc1)N(CCN(C)C)Cc1cnc(C)nc1. The van der Waals surface area contributed by atoms with Crippen LogP contribution in [0.3, 0.4) is 0 Å². The van der Waals surface area contributed by atoms with Gasteiger partial charge in [0.15, 0.2) is 0 Å². The molecule has 0 saturated carbocycles. The summed E-state index contributed by atoms with van der Waals surface area (Å²) in [7, 11) is 4.16. The Labute approximate surface area is 204 Å². The van der Waals surface area contributed by atoms with Gasteiger partial charge in [-0.05, 0) is 44.4 Å². The van der Waals surface area contributed by atoms with Gasteiger partial charge in [-0.1, -0.05) is 37.3 Å². The normalized spacial score (nSPS) is 12.6. The predicted octanol–water partition coefficient (Wildman–Crippen LogP) is 4.12. The molecule has 0 saturated heterocycles. The monoisotopic (exact) mass is 476 g/mol. The first-order valence-electron chi connectivity index (χ1n) is 11.6. The maximum Gasteiger partial charge on any atom is 0.262 e. The van der Waals surface area contributed by atoms with Gasteiger partial charge in [-0.2, -0.15) is 0 Å². The highest BCUT2D eigenvalue weighted by Gasteiger charge is 2.26. The van der Waals surface area contributed by atoms with Gasteiger partial charge in [-0.3, -0.25) is 14.3 Å². The number of rotatable bonds is 10. The molecular formula is C26H32N6OS.